The van der Waals surface area contributed by atoms with E-state index in [0.717, 1.165) is 17.7 Å². The summed E-state index contributed by atoms with van der Waals surface area (Å²) < 4.78 is 50.5. The molecule has 1 N–H and O–H groups in total. The van der Waals surface area contributed by atoms with E-state index in [2.05, 4.69) is 20.3 Å². The summed E-state index contributed by atoms with van der Waals surface area (Å²) in [6.45, 7) is 6.45. The highest BCUT2D eigenvalue weighted by Crippen LogP contribution is 2.44. The number of carbonyl (C=O) groups excluding carboxylic acids is 2. The summed E-state index contributed by atoms with van der Waals surface area (Å²) in [7, 11) is 1.62. The van der Waals surface area contributed by atoms with Crippen molar-refractivity contribution in [3.63, 3.8) is 0 Å². The van der Waals surface area contributed by atoms with E-state index >= 15 is 4.39 Å². The molecule has 3 saturated heterocycles. The molecule has 4 heterocycles. The number of benzene rings is 3. The van der Waals surface area contributed by atoms with Crippen LogP contribution in [0.4, 0.5) is 19.3 Å². The van der Waals surface area contributed by atoms with E-state index in [-0.39, 0.29) is 37.1 Å². The van der Waals surface area contributed by atoms with Crippen LogP contribution in [0.3, 0.4) is 0 Å². The third-order valence-corrected chi connectivity index (χ3v) is 9.72. The predicted octanol–water partition coefficient (Wildman–Crippen LogP) is 4.50. The number of aromatic nitrogens is 3. The number of ketones is 1. The number of piperazine rings is 1. The van der Waals surface area contributed by atoms with Gasteiger partial charge in [0, 0.05) is 47.9 Å². The first kappa shape index (κ1) is 35.6. The van der Waals surface area contributed by atoms with Crippen molar-refractivity contribution >= 4 is 17.5 Å². The zero-order chi connectivity index (χ0) is 36.6. The Morgan fingerprint density at radius 1 is 1.08 bits per heavy atom. The van der Waals surface area contributed by atoms with Crippen LogP contribution in [0.5, 0.6) is 5.75 Å². The number of halogens is 2. The van der Waals surface area contributed by atoms with Gasteiger partial charge in [-0.1, -0.05) is 63.2 Å². The lowest BCUT2D eigenvalue weighted by Crippen LogP contribution is -2.62. The number of nitrogens with one attached hydrogen (secondary N) is 1. The lowest BCUT2D eigenvalue weighted by atomic mass is 9.91. The van der Waals surface area contributed by atoms with Crippen LogP contribution in [-0.4, -0.2) is 94.1 Å². The quantitative estimate of drug-likeness (QED) is 0.252. The van der Waals surface area contributed by atoms with Gasteiger partial charge in [-0.2, -0.15) is 5.10 Å². The second-order valence-corrected chi connectivity index (χ2v) is 14.1. The number of ether oxygens (including phenoxy) is 3. The zero-order valence-electron chi connectivity index (χ0n) is 29.5. The van der Waals surface area contributed by atoms with Crippen molar-refractivity contribution in [1.82, 2.24) is 35.0 Å². The van der Waals surface area contributed by atoms with E-state index < -0.39 is 41.4 Å². The number of para-hydroxylation sites is 2. The van der Waals surface area contributed by atoms with Crippen molar-refractivity contribution in [3.8, 4) is 5.75 Å². The van der Waals surface area contributed by atoms with Crippen molar-refractivity contribution in [2.75, 3.05) is 44.8 Å². The number of hydrogen-bond donors (Lipinski definition) is 1. The van der Waals surface area contributed by atoms with Crippen molar-refractivity contribution in [2.24, 2.45) is 5.41 Å². The minimum atomic E-state index is -1.53. The summed E-state index contributed by atoms with van der Waals surface area (Å²) in [5.41, 5.74) is -0.803. The van der Waals surface area contributed by atoms with E-state index in [1.54, 1.807) is 37.8 Å². The van der Waals surface area contributed by atoms with E-state index in [1.165, 1.54) is 28.4 Å². The molecule has 2 amide bonds. The smallest absolute Gasteiger partial charge is 0.342 e. The number of methoxy groups -OCH3 is 1. The third kappa shape index (κ3) is 6.65. The Morgan fingerprint density at radius 3 is 2.56 bits per heavy atom. The average molecular weight is 717 g/mol. The number of hydrogen-bond acceptors (Lipinski definition) is 10. The number of amides is 2. The molecule has 4 atom stereocenters. The van der Waals surface area contributed by atoms with Gasteiger partial charge in [0.1, 0.15) is 35.6 Å². The maximum Gasteiger partial charge on any atom is 0.342 e. The third-order valence-electron chi connectivity index (χ3n) is 9.72. The molecular formula is C37H42F2N8O5. The summed E-state index contributed by atoms with van der Waals surface area (Å²) in [5.74, 6) is -1.10. The fourth-order valence-electron chi connectivity index (χ4n) is 7.01. The number of nitrogens with zero attached hydrogens (tertiary/aromatic N) is 7. The van der Waals surface area contributed by atoms with Crippen LogP contribution in [-0.2, 0) is 26.4 Å². The number of rotatable bonds is 10. The van der Waals surface area contributed by atoms with Gasteiger partial charge in [0.25, 0.3) is 0 Å². The van der Waals surface area contributed by atoms with Gasteiger partial charge < -0.3 is 19.5 Å². The Hall–Kier alpha value is -4.80. The average Bonchev–Trinajstić information content (AvgIpc) is 3.87. The molecule has 1 aromatic heterocycles. The van der Waals surface area contributed by atoms with Crippen LogP contribution >= 0.6 is 0 Å². The molecule has 274 valence electrons. The predicted molar refractivity (Wildman–Crippen MR) is 185 cm³/mol. The number of urea groups is 1. The SMILES string of the molecule is COc1ccccc1C1CNCCN1C1N(c2ccccc2)C(=O)N(CC(=O)C(C)(C)C)N1C1OCC(Cn2cncn2)(c2ccc(F)cc2F)O1. The molecule has 0 bridgehead atoms. The molecule has 3 aliphatic heterocycles. The molecule has 0 radical (unpaired) electrons. The Balaban J connectivity index is 1.38. The molecule has 7 rings (SSSR count). The largest absolute Gasteiger partial charge is 0.496 e. The van der Waals surface area contributed by atoms with Crippen LogP contribution < -0.4 is 15.0 Å². The fourth-order valence-corrected chi connectivity index (χ4v) is 7.01. The lowest BCUT2D eigenvalue weighted by Gasteiger charge is -2.46. The molecule has 4 aromatic rings. The van der Waals surface area contributed by atoms with Gasteiger partial charge in [-0.25, -0.2) is 28.3 Å². The molecule has 4 unspecified atom stereocenters. The van der Waals surface area contributed by atoms with Gasteiger partial charge in [-0.05, 0) is 24.3 Å². The molecule has 52 heavy (non-hydrogen) atoms. The first-order valence-corrected chi connectivity index (χ1v) is 17.1. The summed E-state index contributed by atoms with van der Waals surface area (Å²) in [6, 6.07) is 19.4. The number of Topliss-reactive ketones (excluding diaryl/α,β-unsaturated/α-hetero) is 1. The summed E-state index contributed by atoms with van der Waals surface area (Å²) >= 11 is 0. The van der Waals surface area contributed by atoms with Crippen LogP contribution in [0.15, 0.2) is 85.5 Å². The molecule has 0 saturated carbocycles. The van der Waals surface area contributed by atoms with E-state index in [0.29, 0.717) is 31.1 Å². The Bertz CT molecular complexity index is 1890. The number of carbonyl (C=O) groups is 2. The zero-order valence-corrected chi connectivity index (χ0v) is 29.5. The monoisotopic (exact) mass is 716 g/mol. The molecule has 3 fully saturated rings. The Kier molecular flexibility index (Phi) is 9.80. The Morgan fingerprint density at radius 2 is 1.85 bits per heavy atom. The maximum absolute atomic E-state index is 15.7. The van der Waals surface area contributed by atoms with Gasteiger partial charge in [0.15, 0.2) is 12.1 Å². The molecule has 13 nitrogen and oxygen atoms in total. The highest BCUT2D eigenvalue weighted by atomic mass is 19.1. The second-order valence-electron chi connectivity index (χ2n) is 14.1. The number of anilines is 1. The molecular weight excluding hydrogens is 674 g/mol. The van der Waals surface area contributed by atoms with Crippen molar-refractivity contribution < 1.29 is 32.6 Å². The van der Waals surface area contributed by atoms with Gasteiger partial charge in [-0.3, -0.25) is 14.6 Å². The van der Waals surface area contributed by atoms with E-state index in [1.807, 2.05) is 54.6 Å². The maximum atomic E-state index is 15.7. The highest BCUT2D eigenvalue weighted by Gasteiger charge is 2.58. The topological polar surface area (TPSA) is 118 Å². The van der Waals surface area contributed by atoms with E-state index in [9.17, 15) is 14.0 Å². The molecule has 3 aromatic carbocycles. The van der Waals surface area contributed by atoms with Crippen LogP contribution in [0.1, 0.15) is 37.9 Å². The van der Waals surface area contributed by atoms with Crippen LogP contribution in [0, 0.1) is 17.0 Å². The highest BCUT2D eigenvalue weighted by molar-refractivity contribution is 5.97. The first-order chi connectivity index (χ1) is 25.0. The van der Waals surface area contributed by atoms with Crippen molar-refractivity contribution in [3.05, 3.63) is 108 Å². The minimum Gasteiger partial charge on any atom is -0.496 e. The molecule has 3 aliphatic rings. The van der Waals surface area contributed by atoms with E-state index in [4.69, 9.17) is 14.2 Å². The standard InChI is InChI=1S/C37H42F2N8O5/c1-36(2,3)32(48)20-45-34(49)46(26-10-6-5-7-11-26)33(44-17-16-40-19-30(44)27-12-8-9-13-31(27)50-4)47(45)35-51-22-37(52-35,21-43-24-41-23-42-43)28-15-14-25(38)18-29(28)39/h5-15,18,23-24,30,33,35,40H,16-17,19-22H2,1-4H3. The second kappa shape index (κ2) is 14.3. The lowest BCUT2D eigenvalue weighted by molar-refractivity contribution is -0.260. The van der Waals surface area contributed by atoms with Crippen LogP contribution in [0.25, 0.3) is 0 Å². The summed E-state index contributed by atoms with van der Waals surface area (Å²) in [5, 5.41) is 10.7. The van der Waals surface area contributed by atoms with Gasteiger partial charge >= 0.3 is 6.03 Å². The normalized spacial score (nSPS) is 24.5. The minimum absolute atomic E-state index is 0.0419. The molecule has 0 aliphatic carbocycles. The first-order valence-electron chi connectivity index (χ1n) is 17.1. The van der Waals surface area contributed by atoms with Gasteiger partial charge in [-0.15, -0.1) is 5.01 Å². The summed E-state index contributed by atoms with van der Waals surface area (Å²) in [4.78, 5) is 36.5. The summed E-state index contributed by atoms with van der Waals surface area (Å²) in [6.07, 6.45) is 0.588. The van der Waals surface area contributed by atoms with Gasteiger partial charge in [0.2, 0.25) is 6.41 Å². The molecule has 15 heteroatoms. The van der Waals surface area contributed by atoms with Gasteiger partial charge in [0.05, 0.1) is 32.8 Å². The van der Waals surface area contributed by atoms with Crippen molar-refractivity contribution in [2.45, 2.75) is 51.7 Å². The fraction of sp³-hybridized carbons (Fsp3) is 0.405. The molecule has 0 spiro atoms. The van der Waals surface area contributed by atoms with Crippen molar-refractivity contribution in [1.29, 1.82) is 0 Å². The van der Waals surface area contributed by atoms with Crippen LogP contribution in [0.2, 0.25) is 0 Å². The number of hydrazine groups is 1. The Labute approximate surface area is 300 Å².